The number of rotatable bonds is 5. The van der Waals surface area contributed by atoms with Gasteiger partial charge in [-0.25, -0.2) is 14.7 Å². The van der Waals surface area contributed by atoms with Crippen LogP contribution in [0.5, 0.6) is 0 Å². The van der Waals surface area contributed by atoms with Gasteiger partial charge >= 0.3 is 11.7 Å². The van der Waals surface area contributed by atoms with Crippen molar-refractivity contribution in [1.82, 2.24) is 14.8 Å². The number of hydrogen-bond acceptors (Lipinski definition) is 5. The lowest BCUT2D eigenvalue weighted by Crippen LogP contribution is -2.16. The Hall–Kier alpha value is -1.96. The molecule has 0 aliphatic rings. The summed E-state index contributed by atoms with van der Waals surface area (Å²) in [5.74, 6) is 0.317. The molecule has 2 aromatic heterocycles. The third-order valence-electron chi connectivity index (χ3n) is 2.58. The second-order valence-corrected chi connectivity index (χ2v) is 4.77. The summed E-state index contributed by atoms with van der Waals surface area (Å²) in [6.45, 7) is 3.98. The zero-order chi connectivity index (χ0) is 14.0. The number of nitrogens with zero attached hydrogens (tertiary/aromatic N) is 2. The molecule has 2 aromatic rings. The van der Waals surface area contributed by atoms with E-state index < -0.39 is 5.97 Å². The van der Waals surface area contributed by atoms with E-state index in [4.69, 9.17) is 9.52 Å². The van der Waals surface area contributed by atoms with Crippen molar-refractivity contribution >= 4 is 17.7 Å². The maximum absolute atomic E-state index is 11.4. The summed E-state index contributed by atoms with van der Waals surface area (Å²) >= 11 is 1.31. The lowest BCUT2D eigenvalue weighted by atomic mass is 10.2. The van der Waals surface area contributed by atoms with Crippen molar-refractivity contribution in [2.45, 2.75) is 31.3 Å². The number of carboxylic acids is 1. The number of carboxylic acid groups (broad SMARTS) is 1. The molecule has 0 aromatic carbocycles. The van der Waals surface area contributed by atoms with Gasteiger partial charge in [0.1, 0.15) is 17.1 Å². The van der Waals surface area contributed by atoms with E-state index in [1.165, 1.54) is 22.4 Å². The predicted molar refractivity (Wildman–Crippen MR) is 68.5 cm³/mol. The molecule has 0 bridgehead atoms. The van der Waals surface area contributed by atoms with Crippen LogP contribution in [0.3, 0.4) is 0 Å². The Kier molecular flexibility index (Phi) is 3.79. The highest BCUT2D eigenvalue weighted by atomic mass is 32.2. The third kappa shape index (κ3) is 2.73. The topological polar surface area (TPSA) is 101 Å². The van der Waals surface area contributed by atoms with Gasteiger partial charge in [-0.2, -0.15) is 0 Å². The molecule has 0 unspecified atom stereocenters. The minimum absolute atomic E-state index is 0.158. The van der Waals surface area contributed by atoms with Gasteiger partial charge < -0.3 is 9.52 Å². The van der Waals surface area contributed by atoms with Crippen molar-refractivity contribution in [1.29, 1.82) is 0 Å². The SMILES string of the molecule is CCn1c(SCc2cc(C(=O)O)c(C)o2)n[nH]c1=O. The fourth-order valence-corrected chi connectivity index (χ4v) is 2.55. The van der Waals surface area contributed by atoms with Crippen LogP contribution >= 0.6 is 11.8 Å². The molecule has 0 saturated heterocycles. The van der Waals surface area contributed by atoms with Crippen molar-refractivity contribution in [3.05, 3.63) is 33.6 Å². The standard InChI is InChI=1S/C11H13N3O4S/c1-3-14-10(17)12-13-11(14)19-5-7-4-8(9(15)16)6(2)18-7/h4H,3,5H2,1-2H3,(H,12,17)(H,15,16). The van der Waals surface area contributed by atoms with Gasteiger partial charge in [0.2, 0.25) is 0 Å². The molecule has 0 fully saturated rings. The number of aromatic amines is 1. The van der Waals surface area contributed by atoms with E-state index in [9.17, 15) is 9.59 Å². The van der Waals surface area contributed by atoms with Gasteiger partial charge in [-0.05, 0) is 19.9 Å². The molecule has 19 heavy (non-hydrogen) atoms. The Balaban J connectivity index is 2.12. The molecule has 0 amide bonds. The average Bonchev–Trinajstić information content (AvgIpc) is 2.90. The third-order valence-corrected chi connectivity index (χ3v) is 3.58. The number of furan rings is 1. The summed E-state index contributed by atoms with van der Waals surface area (Å²) in [5, 5.41) is 15.7. The van der Waals surface area contributed by atoms with Crippen LogP contribution in [-0.2, 0) is 12.3 Å². The number of nitrogens with one attached hydrogen (secondary N) is 1. The van der Waals surface area contributed by atoms with Crippen molar-refractivity contribution in [2.75, 3.05) is 0 Å². The minimum atomic E-state index is -1.01. The van der Waals surface area contributed by atoms with Crippen LogP contribution in [0.15, 0.2) is 20.4 Å². The van der Waals surface area contributed by atoms with Gasteiger partial charge in [0.15, 0.2) is 5.16 Å². The Morgan fingerprint density at radius 1 is 1.63 bits per heavy atom. The zero-order valence-electron chi connectivity index (χ0n) is 10.5. The van der Waals surface area contributed by atoms with E-state index in [-0.39, 0.29) is 11.3 Å². The molecule has 0 aliphatic carbocycles. The van der Waals surface area contributed by atoms with E-state index in [0.717, 1.165) is 0 Å². The molecule has 102 valence electrons. The van der Waals surface area contributed by atoms with Crippen molar-refractivity contribution < 1.29 is 14.3 Å². The monoisotopic (exact) mass is 283 g/mol. The number of H-pyrrole nitrogens is 1. The van der Waals surface area contributed by atoms with Gasteiger partial charge in [0, 0.05) is 6.54 Å². The number of carbonyl (C=O) groups is 1. The van der Waals surface area contributed by atoms with Crippen LogP contribution in [0.4, 0.5) is 0 Å². The van der Waals surface area contributed by atoms with Crippen LogP contribution in [0.25, 0.3) is 0 Å². The first-order valence-electron chi connectivity index (χ1n) is 5.63. The smallest absolute Gasteiger partial charge is 0.343 e. The lowest BCUT2D eigenvalue weighted by Gasteiger charge is -1.99. The molecule has 0 saturated carbocycles. The van der Waals surface area contributed by atoms with Crippen LogP contribution < -0.4 is 5.69 Å². The molecule has 2 rings (SSSR count). The van der Waals surface area contributed by atoms with Gasteiger partial charge in [0.25, 0.3) is 0 Å². The maximum atomic E-state index is 11.4. The first-order valence-corrected chi connectivity index (χ1v) is 6.62. The molecule has 0 spiro atoms. The number of hydrogen-bond donors (Lipinski definition) is 2. The molecule has 0 radical (unpaired) electrons. The van der Waals surface area contributed by atoms with Crippen molar-refractivity contribution in [3.8, 4) is 0 Å². The summed E-state index contributed by atoms with van der Waals surface area (Å²) < 4.78 is 6.85. The Morgan fingerprint density at radius 2 is 2.37 bits per heavy atom. The predicted octanol–water partition coefficient (Wildman–Crippen LogP) is 1.48. The van der Waals surface area contributed by atoms with Crippen LogP contribution in [-0.4, -0.2) is 25.8 Å². The normalized spacial score (nSPS) is 10.8. The van der Waals surface area contributed by atoms with Crippen LogP contribution in [0, 0.1) is 6.92 Å². The summed E-state index contributed by atoms with van der Waals surface area (Å²) in [5.41, 5.74) is -0.0997. The Labute approximate surface area is 112 Å². The first kappa shape index (κ1) is 13.5. The highest BCUT2D eigenvalue weighted by Gasteiger charge is 2.15. The van der Waals surface area contributed by atoms with E-state index in [2.05, 4.69) is 10.2 Å². The number of thioether (sulfide) groups is 1. The summed E-state index contributed by atoms with van der Waals surface area (Å²) in [6, 6.07) is 1.49. The fraction of sp³-hybridized carbons (Fsp3) is 0.364. The molecule has 0 atom stereocenters. The van der Waals surface area contributed by atoms with Crippen molar-refractivity contribution in [2.24, 2.45) is 0 Å². The average molecular weight is 283 g/mol. The van der Waals surface area contributed by atoms with Gasteiger partial charge in [0.05, 0.1) is 5.75 Å². The molecule has 7 nitrogen and oxygen atoms in total. The first-order chi connectivity index (χ1) is 9.02. The Morgan fingerprint density at radius 3 is 2.95 bits per heavy atom. The fourth-order valence-electron chi connectivity index (χ4n) is 1.66. The number of aryl methyl sites for hydroxylation is 1. The number of aromatic nitrogens is 3. The van der Waals surface area contributed by atoms with Crippen LogP contribution in [0.2, 0.25) is 0 Å². The summed E-state index contributed by atoms with van der Waals surface area (Å²) in [6.07, 6.45) is 0. The largest absolute Gasteiger partial charge is 0.478 e. The van der Waals surface area contributed by atoms with Gasteiger partial charge in [-0.1, -0.05) is 11.8 Å². The summed E-state index contributed by atoms with van der Waals surface area (Å²) in [4.78, 5) is 22.2. The second kappa shape index (κ2) is 5.35. The highest BCUT2D eigenvalue weighted by Crippen LogP contribution is 2.23. The molecular formula is C11H13N3O4S. The van der Waals surface area contributed by atoms with E-state index in [1.807, 2.05) is 6.92 Å². The Bertz CT molecular complexity index is 655. The molecule has 2 heterocycles. The summed E-state index contributed by atoms with van der Waals surface area (Å²) in [7, 11) is 0. The van der Waals surface area contributed by atoms with Crippen molar-refractivity contribution in [3.63, 3.8) is 0 Å². The van der Waals surface area contributed by atoms with E-state index in [1.54, 1.807) is 6.92 Å². The lowest BCUT2D eigenvalue weighted by molar-refractivity contribution is 0.0695. The molecular weight excluding hydrogens is 270 g/mol. The second-order valence-electron chi connectivity index (χ2n) is 3.83. The molecule has 2 N–H and O–H groups in total. The van der Waals surface area contributed by atoms with Crippen LogP contribution in [0.1, 0.15) is 28.8 Å². The van der Waals surface area contributed by atoms with Gasteiger partial charge in [-0.15, -0.1) is 5.10 Å². The van der Waals surface area contributed by atoms with Gasteiger partial charge in [-0.3, -0.25) is 4.57 Å². The number of aromatic carboxylic acids is 1. The maximum Gasteiger partial charge on any atom is 0.343 e. The quantitative estimate of drug-likeness (QED) is 0.806. The van der Waals surface area contributed by atoms with E-state index in [0.29, 0.717) is 29.0 Å². The zero-order valence-corrected chi connectivity index (χ0v) is 11.3. The highest BCUT2D eigenvalue weighted by molar-refractivity contribution is 7.98. The minimum Gasteiger partial charge on any atom is -0.478 e. The molecule has 8 heteroatoms. The van der Waals surface area contributed by atoms with E-state index >= 15 is 0 Å². The molecule has 0 aliphatic heterocycles.